The number of amides is 2. The molecule has 2 amide bonds. The summed E-state index contributed by atoms with van der Waals surface area (Å²) in [7, 11) is 1.53. The highest BCUT2D eigenvalue weighted by molar-refractivity contribution is 7.16. The number of carbonyl (C=O) groups excluding carboxylic acids is 2. The topological polar surface area (TPSA) is 84.3 Å². The van der Waals surface area contributed by atoms with Gasteiger partial charge in [-0.1, -0.05) is 12.1 Å². The van der Waals surface area contributed by atoms with Gasteiger partial charge in [-0.05, 0) is 42.5 Å². The third-order valence-corrected chi connectivity index (χ3v) is 5.05. The van der Waals surface area contributed by atoms with Gasteiger partial charge in [0.1, 0.15) is 11.4 Å². The molecule has 0 radical (unpaired) electrons. The molecule has 1 N–H and O–H groups in total. The molecule has 0 aliphatic rings. The van der Waals surface area contributed by atoms with Gasteiger partial charge in [-0.2, -0.15) is 0 Å². The molecular weight excluding hydrogens is 364 g/mol. The molecule has 0 unspecified atom stereocenters. The van der Waals surface area contributed by atoms with Crippen molar-refractivity contribution in [1.29, 1.82) is 0 Å². The number of fused-ring (bicyclic) bond motifs is 1. The summed E-state index contributed by atoms with van der Waals surface area (Å²) in [5, 5.41) is 5.10. The minimum Gasteiger partial charge on any atom is -0.335 e. The van der Waals surface area contributed by atoms with E-state index in [0.29, 0.717) is 10.2 Å². The van der Waals surface area contributed by atoms with Crippen LogP contribution in [-0.4, -0.2) is 39.9 Å². The smallest absolute Gasteiger partial charge is 0.262 e. The summed E-state index contributed by atoms with van der Waals surface area (Å²) >= 11 is 1.37. The Bertz CT molecular complexity index is 1070. The zero-order chi connectivity index (χ0) is 19.6. The van der Waals surface area contributed by atoms with Gasteiger partial charge in [0.05, 0.1) is 18.3 Å². The minimum atomic E-state index is -0.343. The van der Waals surface area contributed by atoms with Crippen molar-refractivity contribution in [3.63, 3.8) is 0 Å². The van der Waals surface area contributed by atoms with E-state index in [1.165, 1.54) is 34.2 Å². The molecule has 0 aliphatic carbocycles. The Balaban J connectivity index is 1.64. The molecule has 0 fully saturated rings. The fourth-order valence-corrected chi connectivity index (χ4v) is 3.36. The molecule has 7 nitrogen and oxygen atoms in total. The second-order valence-electron chi connectivity index (χ2n) is 6.43. The van der Waals surface area contributed by atoms with Crippen LogP contribution in [0.1, 0.15) is 11.1 Å². The predicted octanol–water partition coefficient (Wildman–Crippen LogP) is 2.17. The second kappa shape index (κ2) is 7.71. The van der Waals surface area contributed by atoms with Crippen LogP contribution in [0.4, 0.5) is 5.69 Å². The van der Waals surface area contributed by atoms with Crippen LogP contribution in [0.2, 0.25) is 0 Å². The van der Waals surface area contributed by atoms with E-state index in [1.54, 1.807) is 11.4 Å². The molecule has 3 aromatic rings. The highest BCUT2D eigenvalue weighted by Gasteiger charge is 2.16. The summed E-state index contributed by atoms with van der Waals surface area (Å²) in [5.41, 5.74) is 2.45. The Kier molecular flexibility index (Phi) is 5.36. The molecule has 0 aliphatic heterocycles. The number of benzene rings is 1. The van der Waals surface area contributed by atoms with Gasteiger partial charge in [0.15, 0.2) is 0 Å². The number of hydrogen-bond acceptors (Lipinski definition) is 5. The summed E-state index contributed by atoms with van der Waals surface area (Å²) in [4.78, 5) is 43.2. The van der Waals surface area contributed by atoms with E-state index in [9.17, 15) is 14.4 Å². The van der Waals surface area contributed by atoms with E-state index in [4.69, 9.17) is 0 Å². The molecule has 2 heterocycles. The van der Waals surface area contributed by atoms with Crippen molar-refractivity contribution in [2.24, 2.45) is 0 Å². The molecule has 140 valence electrons. The van der Waals surface area contributed by atoms with Crippen LogP contribution >= 0.6 is 11.3 Å². The molecule has 0 atom stereocenters. The average molecular weight is 384 g/mol. The number of likely N-dealkylation sites (N-methyl/N-ethyl adjacent to an activating group) is 1. The largest absolute Gasteiger partial charge is 0.335 e. The summed E-state index contributed by atoms with van der Waals surface area (Å²) in [6.07, 6.45) is 1.36. The maximum absolute atomic E-state index is 12.4. The van der Waals surface area contributed by atoms with E-state index >= 15 is 0 Å². The van der Waals surface area contributed by atoms with Crippen LogP contribution in [0.5, 0.6) is 0 Å². The predicted molar refractivity (Wildman–Crippen MR) is 106 cm³/mol. The average Bonchev–Trinajstić information content (AvgIpc) is 3.10. The fraction of sp³-hybridized carbons (Fsp3) is 0.263. The lowest BCUT2D eigenvalue weighted by Gasteiger charge is -2.18. The van der Waals surface area contributed by atoms with E-state index in [1.807, 2.05) is 32.0 Å². The Morgan fingerprint density at radius 2 is 2.04 bits per heavy atom. The van der Waals surface area contributed by atoms with Crippen molar-refractivity contribution in [3.8, 4) is 0 Å². The van der Waals surface area contributed by atoms with Gasteiger partial charge in [-0.15, -0.1) is 11.3 Å². The normalized spacial score (nSPS) is 10.8. The van der Waals surface area contributed by atoms with Crippen LogP contribution in [-0.2, 0) is 16.1 Å². The highest BCUT2D eigenvalue weighted by Crippen LogP contribution is 2.16. The summed E-state index contributed by atoms with van der Waals surface area (Å²) in [5.74, 6) is -0.636. The number of thiophene rings is 1. The molecule has 0 spiro atoms. The lowest BCUT2D eigenvalue weighted by atomic mass is 10.1. The van der Waals surface area contributed by atoms with Gasteiger partial charge < -0.3 is 10.2 Å². The molecule has 27 heavy (non-hydrogen) atoms. The van der Waals surface area contributed by atoms with Gasteiger partial charge in [0.2, 0.25) is 11.8 Å². The first kappa shape index (κ1) is 18.8. The molecule has 0 bridgehead atoms. The quantitative estimate of drug-likeness (QED) is 0.731. The molecule has 2 aromatic heterocycles. The van der Waals surface area contributed by atoms with Crippen LogP contribution in [0.25, 0.3) is 10.2 Å². The van der Waals surface area contributed by atoms with Crippen molar-refractivity contribution in [1.82, 2.24) is 14.5 Å². The summed E-state index contributed by atoms with van der Waals surface area (Å²) in [6.45, 7) is 3.59. The van der Waals surface area contributed by atoms with Crippen LogP contribution in [0, 0.1) is 13.8 Å². The second-order valence-corrected chi connectivity index (χ2v) is 7.33. The van der Waals surface area contributed by atoms with Crippen molar-refractivity contribution in [2.45, 2.75) is 20.4 Å². The lowest BCUT2D eigenvalue weighted by molar-refractivity contribution is -0.133. The molecular formula is C19H20N4O3S. The first-order chi connectivity index (χ1) is 12.8. The zero-order valence-corrected chi connectivity index (χ0v) is 16.2. The van der Waals surface area contributed by atoms with Gasteiger partial charge in [-0.3, -0.25) is 19.0 Å². The number of aromatic nitrogens is 2. The first-order valence-corrected chi connectivity index (χ1v) is 9.27. The van der Waals surface area contributed by atoms with Crippen LogP contribution in [0.15, 0.2) is 40.8 Å². The minimum absolute atomic E-state index is 0.102. The van der Waals surface area contributed by atoms with Crippen LogP contribution < -0.4 is 10.9 Å². The van der Waals surface area contributed by atoms with Crippen molar-refractivity contribution >= 4 is 39.1 Å². The third kappa shape index (κ3) is 4.22. The van der Waals surface area contributed by atoms with Crippen molar-refractivity contribution in [2.75, 3.05) is 18.9 Å². The van der Waals surface area contributed by atoms with Gasteiger partial charge in [0.25, 0.3) is 5.56 Å². The zero-order valence-electron chi connectivity index (χ0n) is 15.4. The molecule has 1 aromatic carbocycles. The SMILES string of the molecule is Cc1ccc(C)c(NC(=O)CN(C)C(=O)Cn2cnc3sccc3c2=O)c1. The first-order valence-electron chi connectivity index (χ1n) is 8.39. The third-order valence-electron chi connectivity index (χ3n) is 4.23. The molecule has 0 saturated carbocycles. The standard InChI is InChI=1S/C19H20N4O3S/c1-12-4-5-13(2)15(8-12)21-16(24)9-22(3)17(25)10-23-11-20-18-14(19(23)26)6-7-27-18/h4-8,11H,9-10H2,1-3H3,(H,21,24). The van der Waals surface area contributed by atoms with E-state index in [-0.39, 0.29) is 30.5 Å². The Morgan fingerprint density at radius 1 is 1.26 bits per heavy atom. The lowest BCUT2D eigenvalue weighted by Crippen LogP contribution is -2.38. The number of aryl methyl sites for hydroxylation is 2. The van der Waals surface area contributed by atoms with Gasteiger partial charge in [-0.25, -0.2) is 4.98 Å². The number of carbonyl (C=O) groups is 2. The molecule has 3 rings (SSSR count). The Hall–Kier alpha value is -3.00. The number of nitrogens with zero attached hydrogens (tertiary/aromatic N) is 3. The number of anilines is 1. The molecule has 0 saturated heterocycles. The van der Waals surface area contributed by atoms with E-state index in [0.717, 1.165) is 16.8 Å². The number of hydrogen-bond donors (Lipinski definition) is 1. The highest BCUT2D eigenvalue weighted by atomic mass is 32.1. The number of rotatable bonds is 5. The maximum Gasteiger partial charge on any atom is 0.262 e. The van der Waals surface area contributed by atoms with Crippen LogP contribution in [0.3, 0.4) is 0 Å². The summed E-state index contributed by atoms with van der Waals surface area (Å²) < 4.78 is 1.26. The Labute approximate surface area is 160 Å². The van der Waals surface area contributed by atoms with Crippen molar-refractivity contribution < 1.29 is 9.59 Å². The van der Waals surface area contributed by atoms with Gasteiger partial charge >= 0.3 is 0 Å². The fourth-order valence-electron chi connectivity index (χ4n) is 2.64. The van der Waals surface area contributed by atoms with E-state index in [2.05, 4.69) is 10.3 Å². The summed E-state index contributed by atoms with van der Waals surface area (Å²) in [6, 6.07) is 7.48. The maximum atomic E-state index is 12.4. The number of nitrogens with one attached hydrogen (secondary N) is 1. The monoisotopic (exact) mass is 384 g/mol. The van der Waals surface area contributed by atoms with Crippen molar-refractivity contribution in [3.05, 3.63) is 57.5 Å². The molecule has 8 heteroatoms. The Morgan fingerprint density at radius 3 is 2.81 bits per heavy atom. The van der Waals surface area contributed by atoms with Gasteiger partial charge in [0, 0.05) is 12.7 Å². The van der Waals surface area contributed by atoms with E-state index < -0.39 is 0 Å².